The smallest absolute Gasteiger partial charge is 0.223 e. The van der Waals surface area contributed by atoms with Crippen molar-refractivity contribution >= 4 is 11.8 Å². The molecule has 2 atom stereocenters. The summed E-state index contributed by atoms with van der Waals surface area (Å²) in [5, 5.41) is 2.87. The monoisotopic (exact) mass is 268 g/mol. The summed E-state index contributed by atoms with van der Waals surface area (Å²) >= 11 is 0. The first-order valence-electron chi connectivity index (χ1n) is 7.11. The maximum atomic E-state index is 11.6. The van der Waals surface area contributed by atoms with E-state index in [1.807, 2.05) is 0 Å². The Bertz CT molecular complexity index is 307. The van der Waals surface area contributed by atoms with Crippen molar-refractivity contribution in [3.63, 3.8) is 0 Å². The standard InChI is InChI=1S/C14H26N3O2/c1-11(14(15)19)6-7-13(18)16-9-8-12-5-3-4-10-17(12)2/h7,11-12H,3-6,8-10H2,1-2H3,(H2,15,19)(H,16,18)/t11?,12-/m0/s1. The van der Waals surface area contributed by atoms with Gasteiger partial charge < -0.3 is 16.0 Å². The van der Waals surface area contributed by atoms with Crippen molar-refractivity contribution in [2.24, 2.45) is 11.7 Å². The number of nitrogens with two attached hydrogens (primary N) is 1. The quantitative estimate of drug-likeness (QED) is 0.713. The molecule has 19 heavy (non-hydrogen) atoms. The number of nitrogens with one attached hydrogen (secondary N) is 1. The van der Waals surface area contributed by atoms with E-state index in [0.29, 0.717) is 19.0 Å². The highest BCUT2D eigenvalue weighted by Gasteiger charge is 2.18. The third-order valence-electron chi connectivity index (χ3n) is 3.84. The number of nitrogens with zero attached hydrogens (tertiary/aromatic N) is 1. The Labute approximate surface area is 115 Å². The van der Waals surface area contributed by atoms with Crippen LogP contribution in [-0.2, 0) is 9.59 Å². The van der Waals surface area contributed by atoms with Crippen LogP contribution in [0.15, 0.2) is 0 Å². The highest BCUT2D eigenvalue weighted by molar-refractivity contribution is 5.85. The summed E-state index contributed by atoms with van der Waals surface area (Å²) in [7, 11) is 2.15. The predicted molar refractivity (Wildman–Crippen MR) is 75.2 cm³/mol. The lowest BCUT2D eigenvalue weighted by Gasteiger charge is -2.32. The highest BCUT2D eigenvalue weighted by Crippen LogP contribution is 2.17. The summed E-state index contributed by atoms with van der Waals surface area (Å²) in [4.78, 5) is 24.8. The minimum atomic E-state index is -0.368. The molecule has 1 rings (SSSR count). The van der Waals surface area contributed by atoms with Crippen molar-refractivity contribution in [3.05, 3.63) is 6.42 Å². The summed E-state index contributed by atoms with van der Waals surface area (Å²) in [5.41, 5.74) is 5.14. The predicted octanol–water partition coefficient (Wildman–Crippen LogP) is 0.693. The maximum absolute atomic E-state index is 11.6. The Morgan fingerprint density at radius 2 is 2.21 bits per heavy atom. The van der Waals surface area contributed by atoms with Gasteiger partial charge in [0, 0.05) is 18.5 Å². The van der Waals surface area contributed by atoms with Crippen molar-refractivity contribution in [2.45, 2.75) is 45.1 Å². The molecule has 2 amide bonds. The molecule has 0 saturated carbocycles. The number of carbonyl (C=O) groups is 2. The summed E-state index contributed by atoms with van der Waals surface area (Å²) in [6.07, 6.45) is 6.68. The van der Waals surface area contributed by atoms with Gasteiger partial charge in [0.25, 0.3) is 0 Å². The number of hydrogen-bond acceptors (Lipinski definition) is 3. The molecule has 109 valence electrons. The zero-order chi connectivity index (χ0) is 14.3. The lowest BCUT2D eigenvalue weighted by molar-refractivity contribution is -0.121. The Morgan fingerprint density at radius 3 is 2.84 bits per heavy atom. The molecule has 0 bridgehead atoms. The molecule has 5 nitrogen and oxygen atoms in total. The molecular weight excluding hydrogens is 242 g/mol. The SMILES string of the molecule is CC(C[CH]C(=O)NCC[C@@H]1CCCCN1C)C(N)=O. The molecule has 1 aliphatic heterocycles. The van der Waals surface area contributed by atoms with Gasteiger partial charge in [0.15, 0.2) is 0 Å². The topological polar surface area (TPSA) is 75.4 Å². The molecule has 1 heterocycles. The van der Waals surface area contributed by atoms with Crippen LogP contribution in [0.4, 0.5) is 0 Å². The maximum Gasteiger partial charge on any atom is 0.223 e. The van der Waals surface area contributed by atoms with E-state index in [-0.39, 0.29) is 17.7 Å². The Kier molecular flexibility index (Phi) is 6.84. The summed E-state index contributed by atoms with van der Waals surface area (Å²) < 4.78 is 0. The Morgan fingerprint density at radius 1 is 1.47 bits per heavy atom. The van der Waals surface area contributed by atoms with Gasteiger partial charge in [-0.1, -0.05) is 13.3 Å². The molecule has 1 aliphatic rings. The second-order valence-corrected chi connectivity index (χ2v) is 5.45. The van der Waals surface area contributed by atoms with Crippen LogP contribution in [0.2, 0.25) is 0 Å². The molecule has 5 heteroatoms. The first-order chi connectivity index (χ1) is 9.00. The van der Waals surface area contributed by atoms with Gasteiger partial charge in [0.1, 0.15) is 0 Å². The minimum absolute atomic E-state index is 0.105. The molecule has 1 radical (unpaired) electrons. The third kappa shape index (κ3) is 6.05. The van der Waals surface area contributed by atoms with Crippen LogP contribution in [0.1, 0.15) is 39.0 Å². The number of amides is 2. The largest absolute Gasteiger partial charge is 0.369 e. The zero-order valence-electron chi connectivity index (χ0n) is 12.0. The molecule has 3 N–H and O–H groups in total. The Hall–Kier alpha value is -1.10. The van der Waals surface area contributed by atoms with Crippen LogP contribution in [-0.4, -0.2) is 42.9 Å². The van der Waals surface area contributed by atoms with Crippen molar-refractivity contribution in [2.75, 3.05) is 20.1 Å². The average molecular weight is 268 g/mol. The van der Waals surface area contributed by atoms with E-state index in [0.717, 1.165) is 13.0 Å². The molecule has 1 fully saturated rings. The van der Waals surface area contributed by atoms with Crippen LogP contribution in [0.25, 0.3) is 0 Å². The molecule has 0 aromatic rings. The van der Waals surface area contributed by atoms with Crippen molar-refractivity contribution < 1.29 is 9.59 Å². The number of rotatable bonds is 7. The second-order valence-electron chi connectivity index (χ2n) is 5.45. The fraction of sp³-hybridized carbons (Fsp3) is 0.786. The van der Waals surface area contributed by atoms with Gasteiger partial charge in [-0.3, -0.25) is 9.59 Å². The van der Waals surface area contributed by atoms with Gasteiger partial charge in [0.05, 0.1) is 6.42 Å². The van der Waals surface area contributed by atoms with E-state index in [1.165, 1.54) is 25.7 Å². The normalized spacial score (nSPS) is 21.9. The first kappa shape index (κ1) is 16.0. The second kappa shape index (κ2) is 8.15. The number of piperidine rings is 1. The number of hydrogen-bond donors (Lipinski definition) is 2. The van der Waals surface area contributed by atoms with Gasteiger partial charge in [-0.25, -0.2) is 0 Å². The lowest BCUT2D eigenvalue weighted by Crippen LogP contribution is -2.39. The molecule has 0 aliphatic carbocycles. The highest BCUT2D eigenvalue weighted by atomic mass is 16.2. The van der Waals surface area contributed by atoms with Gasteiger partial charge in [-0.15, -0.1) is 0 Å². The van der Waals surface area contributed by atoms with Crippen LogP contribution < -0.4 is 11.1 Å². The van der Waals surface area contributed by atoms with Crippen molar-refractivity contribution in [1.82, 2.24) is 10.2 Å². The van der Waals surface area contributed by atoms with Crippen molar-refractivity contribution in [3.8, 4) is 0 Å². The zero-order valence-corrected chi connectivity index (χ0v) is 12.0. The fourth-order valence-corrected chi connectivity index (χ4v) is 2.34. The first-order valence-corrected chi connectivity index (χ1v) is 7.11. The van der Waals surface area contributed by atoms with Crippen molar-refractivity contribution in [1.29, 1.82) is 0 Å². The number of likely N-dealkylation sites (tertiary alicyclic amines) is 1. The van der Waals surface area contributed by atoms with Crippen LogP contribution >= 0.6 is 0 Å². The van der Waals surface area contributed by atoms with E-state index in [9.17, 15) is 9.59 Å². The Balaban J connectivity index is 2.11. The van der Waals surface area contributed by atoms with Gasteiger partial charge in [-0.05, 0) is 39.3 Å². The number of carbonyl (C=O) groups excluding carboxylic acids is 2. The molecule has 0 aromatic carbocycles. The molecule has 1 unspecified atom stereocenters. The van der Waals surface area contributed by atoms with E-state index in [4.69, 9.17) is 5.73 Å². The summed E-state index contributed by atoms with van der Waals surface area (Å²) in [6.45, 7) is 3.57. The van der Waals surface area contributed by atoms with E-state index in [1.54, 1.807) is 6.92 Å². The van der Waals surface area contributed by atoms with E-state index in [2.05, 4.69) is 17.3 Å². The fourth-order valence-electron chi connectivity index (χ4n) is 2.34. The van der Waals surface area contributed by atoms with Crippen LogP contribution in [0.5, 0.6) is 0 Å². The van der Waals surface area contributed by atoms with E-state index >= 15 is 0 Å². The molecule has 0 spiro atoms. The summed E-state index contributed by atoms with van der Waals surface area (Å²) in [6, 6.07) is 0.582. The average Bonchev–Trinajstić information content (AvgIpc) is 2.38. The van der Waals surface area contributed by atoms with Gasteiger partial charge in [-0.2, -0.15) is 0 Å². The number of primary amides is 1. The minimum Gasteiger partial charge on any atom is -0.369 e. The molecular formula is C14H26N3O2. The van der Waals surface area contributed by atoms with Gasteiger partial charge >= 0.3 is 0 Å². The van der Waals surface area contributed by atoms with Crippen LogP contribution in [0.3, 0.4) is 0 Å². The lowest BCUT2D eigenvalue weighted by atomic mass is 10.00. The van der Waals surface area contributed by atoms with E-state index < -0.39 is 0 Å². The molecule has 0 aromatic heterocycles. The van der Waals surface area contributed by atoms with Gasteiger partial charge in [0.2, 0.25) is 11.8 Å². The third-order valence-corrected chi connectivity index (χ3v) is 3.84. The van der Waals surface area contributed by atoms with Crippen LogP contribution in [0, 0.1) is 12.3 Å². The molecule has 1 saturated heterocycles. The summed E-state index contributed by atoms with van der Waals surface area (Å²) in [5.74, 6) is -0.755.